The molecule has 0 aromatic rings. The summed E-state index contributed by atoms with van der Waals surface area (Å²) in [4.78, 5) is 11.8. The quantitative estimate of drug-likeness (QED) is 0.458. The number of esters is 1. The summed E-state index contributed by atoms with van der Waals surface area (Å²) >= 11 is 0. The number of allylic oxidation sites excluding steroid dienone is 2. The van der Waals surface area contributed by atoms with Gasteiger partial charge < -0.3 is 19.7 Å². The van der Waals surface area contributed by atoms with Crippen molar-refractivity contribution >= 4 is 5.97 Å². The van der Waals surface area contributed by atoms with Crippen molar-refractivity contribution in [3.8, 4) is 0 Å². The van der Waals surface area contributed by atoms with E-state index in [2.05, 4.69) is 12.7 Å². The van der Waals surface area contributed by atoms with Crippen molar-refractivity contribution in [3.63, 3.8) is 0 Å². The van der Waals surface area contributed by atoms with E-state index in [1.54, 1.807) is 13.8 Å². The molecule has 5 heteroatoms. The summed E-state index contributed by atoms with van der Waals surface area (Å²) < 4.78 is 11.0. The Balaban J connectivity index is 2.09. The normalized spacial score (nSPS) is 30.0. The largest absolute Gasteiger partial charge is 0.458 e. The van der Waals surface area contributed by atoms with Crippen molar-refractivity contribution < 1.29 is 24.5 Å². The van der Waals surface area contributed by atoms with Gasteiger partial charge in [0.2, 0.25) is 0 Å². The summed E-state index contributed by atoms with van der Waals surface area (Å²) in [5, 5.41) is 19.3. The molecule has 0 radical (unpaired) electrons. The van der Waals surface area contributed by atoms with Crippen LogP contribution in [0.3, 0.4) is 0 Å². The molecule has 2 aliphatic rings. The summed E-state index contributed by atoms with van der Waals surface area (Å²) in [5.41, 5.74) is 1.67. The molecule has 2 atom stereocenters. The van der Waals surface area contributed by atoms with Gasteiger partial charge >= 0.3 is 5.97 Å². The maximum Gasteiger partial charge on any atom is 0.334 e. The minimum atomic E-state index is -0.856. The molecule has 1 aliphatic heterocycles. The number of hydrogen-bond donors (Lipinski definition) is 2. The lowest BCUT2D eigenvalue weighted by Crippen LogP contribution is -2.26. The number of carbonyl (C=O) groups excluding carboxylic acids is 1. The van der Waals surface area contributed by atoms with Gasteiger partial charge in [-0.3, -0.25) is 0 Å². The Kier molecular flexibility index (Phi) is 6.38. The second kappa shape index (κ2) is 8.10. The van der Waals surface area contributed by atoms with Gasteiger partial charge in [0.05, 0.1) is 25.4 Å². The lowest BCUT2D eigenvalue weighted by Gasteiger charge is -2.21. The van der Waals surface area contributed by atoms with Crippen molar-refractivity contribution in [2.75, 3.05) is 19.8 Å². The number of hydrogen-bond acceptors (Lipinski definition) is 5. The Labute approximate surface area is 143 Å². The number of fused-ring (bicyclic) bond motifs is 1. The number of aliphatic hydroxyl groups excluding tert-OH is 1. The van der Waals surface area contributed by atoms with Crippen LogP contribution in [0.2, 0.25) is 0 Å². The second-order valence-corrected chi connectivity index (χ2v) is 7.24. The van der Waals surface area contributed by atoms with Gasteiger partial charge in [-0.2, -0.15) is 0 Å². The van der Waals surface area contributed by atoms with Crippen LogP contribution in [-0.2, 0) is 14.3 Å². The van der Waals surface area contributed by atoms with Gasteiger partial charge in [0.1, 0.15) is 6.10 Å². The molecule has 1 saturated heterocycles. The average Bonchev–Trinajstić information content (AvgIpc) is 2.77. The molecule has 2 rings (SSSR count). The van der Waals surface area contributed by atoms with Crippen molar-refractivity contribution in [2.24, 2.45) is 5.92 Å². The number of aliphatic hydroxyl groups is 2. The highest BCUT2D eigenvalue weighted by atomic mass is 16.6. The lowest BCUT2D eigenvalue weighted by atomic mass is 9.87. The molecule has 1 fully saturated rings. The minimum Gasteiger partial charge on any atom is -0.458 e. The maximum atomic E-state index is 11.8. The minimum absolute atomic E-state index is 0.0263. The fourth-order valence-electron chi connectivity index (χ4n) is 3.04. The number of rotatable bonds is 5. The third-order valence-electron chi connectivity index (χ3n) is 4.39. The zero-order chi connectivity index (χ0) is 17.7. The summed E-state index contributed by atoms with van der Waals surface area (Å²) in [6.45, 7) is 7.97. The molecule has 0 amide bonds. The van der Waals surface area contributed by atoms with Crippen LogP contribution in [0.5, 0.6) is 0 Å². The molecule has 134 valence electrons. The predicted octanol–water partition coefficient (Wildman–Crippen LogP) is 2.29. The van der Waals surface area contributed by atoms with Crippen LogP contribution in [0, 0.1) is 5.92 Å². The highest BCUT2D eigenvalue weighted by molar-refractivity contribution is 5.90. The first-order valence-electron chi connectivity index (χ1n) is 8.46. The Morgan fingerprint density at radius 3 is 2.79 bits per heavy atom. The molecule has 0 aromatic carbocycles. The van der Waals surface area contributed by atoms with Crippen LogP contribution in [0.15, 0.2) is 35.5 Å². The van der Waals surface area contributed by atoms with Gasteiger partial charge in [0.15, 0.2) is 0 Å². The first-order valence-corrected chi connectivity index (χ1v) is 8.46. The second-order valence-electron chi connectivity index (χ2n) is 7.24. The first-order chi connectivity index (χ1) is 11.3. The molecule has 2 N–H and O–H groups in total. The van der Waals surface area contributed by atoms with Crippen LogP contribution in [-0.4, -0.2) is 47.7 Å². The fourth-order valence-corrected chi connectivity index (χ4v) is 3.04. The summed E-state index contributed by atoms with van der Waals surface area (Å²) in [6.07, 6.45) is 6.73. The van der Waals surface area contributed by atoms with Crippen LogP contribution in [0.4, 0.5) is 0 Å². The molecule has 0 bridgehead atoms. The first kappa shape index (κ1) is 18.9. The standard InChI is InChI=1S/C19H28O5/c1-13-16-8-7-14(11-23-12-19(2,3)22)5-4-6-15(10-20)9-17(16)24-18(13)21/h6-7,16-17,20,22H,1,4-5,8-12H2,2-3H3/b14-7+,15-6+/t16-,17+/m1/s1. The van der Waals surface area contributed by atoms with Crippen molar-refractivity contribution in [1.29, 1.82) is 0 Å². The third kappa shape index (κ3) is 5.30. The van der Waals surface area contributed by atoms with Crippen LogP contribution >= 0.6 is 0 Å². The van der Waals surface area contributed by atoms with E-state index >= 15 is 0 Å². The molecular formula is C19H28O5. The molecule has 0 aromatic heterocycles. The van der Waals surface area contributed by atoms with Gasteiger partial charge in [-0.15, -0.1) is 0 Å². The molecule has 24 heavy (non-hydrogen) atoms. The molecular weight excluding hydrogens is 308 g/mol. The van der Waals surface area contributed by atoms with Crippen molar-refractivity contribution in [3.05, 3.63) is 35.5 Å². The van der Waals surface area contributed by atoms with Crippen LogP contribution in [0.1, 0.15) is 39.5 Å². The average molecular weight is 336 g/mol. The maximum absolute atomic E-state index is 11.8. The SMILES string of the molecule is C=C1C(=O)O[C@H]2C/C(CO)=C\CC/C(COCC(C)(C)O)=C\C[C@H]12. The Hall–Kier alpha value is -1.43. The topological polar surface area (TPSA) is 76.0 Å². The van der Waals surface area contributed by atoms with E-state index in [0.717, 1.165) is 24.0 Å². The van der Waals surface area contributed by atoms with Gasteiger partial charge in [0, 0.05) is 17.9 Å². The Bertz CT molecular complexity index is 538. The molecule has 1 heterocycles. The van der Waals surface area contributed by atoms with Crippen molar-refractivity contribution in [2.45, 2.75) is 51.2 Å². The van der Waals surface area contributed by atoms with E-state index in [-0.39, 0.29) is 31.2 Å². The zero-order valence-electron chi connectivity index (χ0n) is 14.6. The van der Waals surface area contributed by atoms with E-state index in [1.807, 2.05) is 6.08 Å². The number of carbonyl (C=O) groups is 1. The smallest absolute Gasteiger partial charge is 0.334 e. The van der Waals surface area contributed by atoms with Gasteiger partial charge in [-0.1, -0.05) is 18.7 Å². The fraction of sp³-hybridized carbons (Fsp3) is 0.632. The molecule has 0 unspecified atom stereocenters. The predicted molar refractivity (Wildman–Crippen MR) is 91.3 cm³/mol. The van der Waals surface area contributed by atoms with Crippen LogP contribution < -0.4 is 0 Å². The van der Waals surface area contributed by atoms with Crippen molar-refractivity contribution in [1.82, 2.24) is 0 Å². The molecule has 1 aliphatic carbocycles. The number of ether oxygens (including phenoxy) is 2. The van der Waals surface area contributed by atoms with Gasteiger partial charge in [-0.05, 0) is 44.3 Å². The summed E-state index contributed by atoms with van der Waals surface area (Å²) in [7, 11) is 0. The monoisotopic (exact) mass is 336 g/mol. The molecule has 0 saturated carbocycles. The Morgan fingerprint density at radius 1 is 1.38 bits per heavy atom. The Morgan fingerprint density at radius 2 is 2.12 bits per heavy atom. The van der Waals surface area contributed by atoms with Gasteiger partial charge in [-0.25, -0.2) is 4.79 Å². The van der Waals surface area contributed by atoms with E-state index in [9.17, 15) is 15.0 Å². The molecule has 5 nitrogen and oxygen atoms in total. The zero-order valence-corrected chi connectivity index (χ0v) is 14.6. The van der Waals surface area contributed by atoms with E-state index < -0.39 is 5.60 Å². The van der Waals surface area contributed by atoms with E-state index in [1.165, 1.54) is 0 Å². The highest BCUT2D eigenvalue weighted by Crippen LogP contribution is 2.34. The molecule has 0 spiro atoms. The summed E-state index contributed by atoms with van der Waals surface area (Å²) in [5.74, 6) is -0.399. The lowest BCUT2D eigenvalue weighted by molar-refractivity contribution is -0.139. The summed E-state index contributed by atoms with van der Waals surface area (Å²) in [6, 6.07) is 0. The van der Waals surface area contributed by atoms with Gasteiger partial charge in [0.25, 0.3) is 0 Å². The highest BCUT2D eigenvalue weighted by Gasteiger charge is 2.38. The van der Waals surface area contributed by atoms with Crippen LogP contribution in [0.25, 0.3) is 0 Å². The third-order valence-corrected chi connectivity index (χ3v) is 4.39. The van der Waals surface area contributed by atoms with E-state index in [4.69, 9.17) is 9.47 Å². The van der Waals surface area contributed by atoms with E-state index in [0.29, 0.717) is 25.0 Å².